The van der Waals surface area contributed by atoms with E-state index in [9.17, 15) is 17.2 Å². The Balaban J connectivity index is 1.48. The van der Waals surface area contributed by atoms with Crippen LogP contribution in [0, 0.1) is 11.6 Å². The highest BCUT2D eigenvalue weighted by Crippen LogP contribution is 2.35. The van der Waals surface area contributed by atoms with Crippen molar-refractivity contribution >= 4 is 36.7 Å². The summed E-state index contributed by atoms with van der Waals surface area (Å²) >= 11 is 1.27. The van der Waals surface area contributed by atoms with Gasteiger partial charge in [0.05, 0.1) is 9.95 Å². The Morgan fingerprint density at radius 1 is 1.20 bits per heavy atom. The predicted octanol–water partition coefficient (Wildman–Crippen LogP) is 2.97. The number of thiazole rings is 1. The quantitative estimate of drug-likeness (QED) is 0.809. The van der Waals surface area contributed by atoms with Gasteiger partial charge in [-0.15, -0.1) is 0 Å². The summed E-state index contributed by atoms with van der Waals surface area (Å²) in [6.45, 7) is 1.30. The van der Waals surface area contributed by atoms with Crippen LogP contribution in [0.4, 0.5) is 13.9 Å². The van der Waals surface area contributed by atoms with E-state index in [2.05, 4.69) is 4.98 Å². The van der Waals surface area contributed by atoms with Gasteiger partial charge in [-0.2, -0.15) is 0 Å². The third-order valence-corrected chi connectivity index (χ3v) is 8.48. The van der Waals surface area contributed by atoms with Crippen molar-refractivity contribution in [2.45, 2.75) is 37.0 Å². The Labute approximate surface area is 149 Å². The molecule has 1 aliphatic heterocycles. The first-order chi connectivity index (χ1) is 11.9. The van der Waals surface area contributed by atoms with Crippen LogP contribution in [0.15, 0.2) is 12.1 Å². The molecule has 136 valence electrons. The van der Waals surface area contributed by atoms with Crippen LogP contribution in [0.5, 0.6) is 0 Å². The maximum absolute atomic E-state index is 13.8. The van der Waals surface area contributed by atoms with Crippen LogP contribution >= 0.6 is 11.3 Å². The lowest BCUT2D eigenvalue weighted by Crippen LogP contribution is -2.46. The lowest BCUT2D eigenvalue weighted by atomic mass is 10.1. The molecule has 0 radical (unpaired) electrons. The number of sulfonamides is 1. The van der Waals surface area contributed by atoms with E-state index in [-0.39, 0.29) is 16.8 Å². The van der Waals surface area contributed by atoms with Gasteiger partial charge in [-0.3, -0.25) is 0 Å². The minimum absolute atomic E-state index is 0.00888. The van der Waals surface area contributed by atoms with Crippen molar-refractivity contribution in [3.63, 3.8) is 0 Å². The molecule has 1 aromatic heterocycles. The van der Waals surface area contributed by atoms with Gasteiger partial charge < -0.3 is 4.90 Å². The molecule has 5 nitrogen and oxygen atoms in total. The van der Waals surface area contributed by atoms with E-state index in [1.54, 1.807) is 7.05 Å². The van der Waals surface area contributed by atoms with Crippen LogP contribution in [-0.4, -0.2) is 49.1 Å². The van der Waals surface area contributed by atoms with Crippen molar-refractivity contribution in [3.05, 3.63) is 23.8 Å². The number of nitrogens with zero attached hydrogens (tertiary/aromatic N) is 3. The summed E-state index contributed by atoms with van der Waals surface area (Å²) in [5.74, 6) is -1.26. The maximum atomic E-state index is 13.8. The molecule has 2 heterocycles. The van der Waals surface area contributed by atoms with Crippen molar-refractivity contribution in [2.24, 2.45) is 0 Å². The van der Waals surface area contributed by atoms with Crippen LogP contribution in [0.1, 0.15) is 25.7 Å². The van der Waals surface area contributed by atoms with E-state index in [1.165, 1.54) is 21.7 Å². The number of piperidine rings is 1. The normalized spacial score (nSPS) is 19.9. The van der Waals surface area contributed by atoms with Gasteiger partial charge in [-0.05, 0) is 31.7 Å². The Morgan fingerprint density at radius 3 is 2.52 bits per heavy atom. The molecule has 9 heteroatoms. The number of hydrogen-bond acceptors (Lipinski definition) is 5. The number of aromatic nitrogens is 1. The fraction of sp³-hybridized carbons (Fsp3) is 0.562. The van der Waals surface area contributed by atoms with Gasteiger partial charge >= 0.3 is 0 Å². The van der Waals surface area contributed by atoms with Gasteiger partial charge in [0.2, 0.25) is 10.0 Å². The molecule has 1 saturated heterocycles. The fourth-order valence-corrected chi connectivity index (χ4v) is 6.20. The molecule has 25 heavy (non-hydrogen) atoms. The van der Waals surface area contributed by atoms with Gasteiger partial charge in [-0.25, -0.2) is 26.5 Å². The van der Waals surface area contributed by atoms with Crippen molar-refractivity contribution in [3.8, 4) is 0 Å². The Kier molecular flexibility index (Phi) is 4.20. The maximum Gasteiger partial charge on any atom is 0.216 e. The predicted molar refractivity (Wildman–Crippen MR) is 94.5 cm³/mol. The largest absolute Gasteiger partial charge is 0.348 e. The number of halogens is 2. The first-order valence-electron chi connectivity index (χ1n) is 8.33. The average molecular weight is 387 g/mol. The van der Waals surface area contributed by atoms with Crippen molar-refractivity contribution in [1.29, 1.82) is 0 Å². The number of hydrogen-bond donors (Lipinski definition) is 0. The molecule has 2 fully saturated rings. The van der Waals surface area contributed by atoms with Crippen LogP contribution < -0.4 is 4.90 Å². The van der Waals surface area contributed by atoms with E-state index in [0.717, 1.165) is 18.9 Å². The number of anilines is 1. The van der Waals surface area contributed by atoms with Crippen molar-refractivity contribution in [1.82, 2.24) is 9.29 Å². The summed E-state index contributed by atoms with van der Waals surface area (Å²) in [6.07, 6.45) is 2.93. The van der Waals surface area contributed by atoms with E-state index in [4.69, 9.17) is 0 Å². The van der Waals surface area contributed by atoms with Gasteiger partial charge in [0.15, 0.2) is 10.9 Å². The fourth-order valence-electron chi connectivity index (χ4n) is 3.31. The zero-order chi connectivity index (χ0) is 17.8. The highest BCUT2D eigenvalue weighted by molar-refractivity contribution is 7.90. The van der Waals surface area contributed by atoms with E-state index in [0.29, 0.717) is 35.8 Å². The number of fused-ring (bicyclic) bond motifs is 1. The molecule has 1 aliphatic carbocycles. The molecule has 0 N–H and O–H groups in total. The molecule has 4 rings (SSSR count). The van der Waals surface area contributed by atoms with Crippen LogP contribution in [0.25, 0.3) is 10.2 Å². The highest BCUT2D eigenvalue weighted by Gasteiger charge is 2.41. The van der Waals surface area contributed by atoms with Gasteiger partial charge in [0.1, 0.15) is 11.3 Å². The highest BCUT2D eigenvalue weighted by atomic mass is 32.2. The lowest BCUT2D eigenvalue weighted by Gasteiger charge is -2.36. The molecular weight excluding hydrogens is 368 g/mol. The Morgan fingerprint density at radius 2 is 1.88 bits per heavy atom. The second-order valence-corrected chi connectivity index (χ2v) is 9.99. The second kappa shape index (κ2) is 6.14. The van der Waals surface area contributed by atoms with Gasteiger partial charge in [0.25, 0.3) is 0 Å². The average Bonchev–Trinajstić information content (AvgIpc) is 3.35. The monoisotopic (exact) mass is 387 g/mol. The van der Waals surface area contributed by atoms with E-state index < -0.39 is 21.7 Å². The molecule has 0 spiro atoms. The summed E-state index contributed by atoms with van der Waals surface area (Å²) in [4.78, 5) is 6.33. The third-order valence-electron chi connectivity index (χ3n) is 5.00. The first kappa shape index (κ1) is 17.1. The smallest absolute Gasteiger partial charge is 0.216 e. The summed E-state index contributed by atoms with van der Waals surface area (Å²) in [5, 5.41) is 0.461. The molecule has 1 aromatic carbocycles. The topological polar surface area (TPSA) is 53.5 Å². The standard InChI is InChI=1S/C16H19F2N3O2S2/c1-20(25(22,23)12-2-3-12)11-4-6-21(7-5-11)16-19-15-13(18)8-10(17)9-14(15)24-16/h8-9,11-12H,2-7H2,1H3. The third kappa shape index (κ3) is 3.13. The number of rotatable bonds is 4. The summed E-state index contributed by atoms with van der Waals surface area (Å²) in [6, 6.07) is 2.13. The Bertz CT molecular complexity index is 903. The second-order valence-electron chi connectivity index (χ2n) is 6.71. The van der Waals surface area contributed by atoms with Gasteiger partial charge in [0, 0.05) is 32.2 Å². The molecule has 2 aromatic rings. The minimum Gasteiger partial charge on any atom is -0.348 e. The molecule has 2 aliphatic rings. The zero-order valence-corrected chi connectivity index (χ0v) is 15.4. The van der Waals surface area contributed by atoms with E-state index >= 15 is 0 Å². The SMILES string of the molecule is CN(C1CCN(c2nc3c(F)cc(F)cc3s2)CC1)S(=O)(=O)C1CC1. The molecular formula is C16H19F2N3O2S2. The molecule has 1 saturated carbocycles. The van der Waals surface area contributed by atoms with Crippen molar-refractivity contribution < 1.29 is 17.2 Å². The minimum atomic E-state index is -3.17. The molecule has 0 atom stereocenters. The zero-order valence-electron chi connectivity index (χ0n) is 13.8. The summed E-state index contributed by atoms with van der Waals surface area (Å²) in [7, 11) is -1.50. The summed E-state index contributed by atoms with van der Waals surface area (Å²) in [5.41, 5.74) is 0.192. The van der Waals surface area contributed by atoms with Gasteiger partial charge in [-0.1, -0.05) is 11.3 Å². The van der Waals surface area contributed by atoms with Crippen molar-refractivity contribution in [2.75, 3.05) is 25.0 Å². The lowest BCUT2D eigenvalue weighted by molar-refractivity contribution is 0.311. The molecule has 0 amide bonds. The summed E-state index contributed by atoms with van der Waals surface area (Å²) < 4.78 is 53.9. The van der Waals surface area contributed by atoms with Crippen LogP contribution in [0.3, 0.4) is 0 Å². The van der Waals surface area contributed by atoms with Crippen LogP contribution in [-0.2, 0) is 10.0 Å². The Hall–Kier alpha value is -1.32. The molecule has 0 bridgehead atoms. The van der Waals surface area contributed by atoms with Crippen LogP contribution in [0.2, 0.25) is 0 Å². The van der Waals surface area contributed by atoms with E-state index in [1.807, 2.05) is 4.90 Å². The number of benzene rings is 1. The first-order valence-corrected chi connectivity index (χ1v) is 10.7. The molecule has 0 unspecified atom stereocenters.